The highest BCUT2D eigenvalue weighted by molar-refractivity contribution is 4.95. The Morgan fingerprint density at radius 3 is 2.42 bits per heavy atom. The first-order chi connectivity index (χ1) is 5.81. The summed E-state index contributed by atoms with van der Waals surface area (Å²) in [4.78, 5) is 0. The Hall–Kier alpha value is -0.550. The summed E-state index contributed by atoms with van der Waals surface area (Å²) in [5, 5.41) is 18.4. The Kier molecular flexibility index (Phi) is 2.06. The van der Waals surface area contributed by atoms with Crippen molar-refractivity contribution >= 4 is 0 Å². The number of hydrogen-bond acceptors (Lipinski definition) is 2. The zero-order chi connectivity index (χ0) is 8.55. The van der Waals surface area contributed by atoms with Crippen molar-refractivity contribution in [1.29, 1.82) is 5.26 Å². The third-order valence-electron chi connectivity index (χ3n) is 3.38. The number of fused-ring (bicyclic) bond motifs is 1. The Balaban J connectivity index is 1.94. The van der Waals surface area contributed by atoms with E-state index in [1.54, 1.807) is 0 Å². The van der Waals surface area contributed by atoms with Crippen LogP contribution in [0.4, 0.5) is 0 Å². The van der Waals surface area contributed by atoms with E-state index in [9.17, 15) is 5.11 Å². The number of hydrogen-bond donors (Lipinski definition) is 1. The molecular weight excluding hydrogens is 150 g/mol. The van der Waals surface area contributed by atoms with Gasteiger partial charge in [0.05, 0.1) is 18.1 Å². The van der Waals surface area contributed by atoms with Gasteiger partial charge in [0, 0.05) is 0 Å². The average Bonchev–Trinajstić information content (AvgIpc) is 2.78. The van der Waals surface area contributed by atoms with E-state index in [0.29, 0.717) is 0 Å². The van der Waals surface area contributed by atoms with E-state index in [2.05, 4.69) is 6.07 Å². The Bertz CT molecular complexity index is 208. The van der Waals surface area contributed by atoms with Crippen LogP contribution in [0.1, 0.15) is 32.1 Å². The van der Waals surface area contributed by atoms with Crippen molar-refractivity contribution in [3.63, 3.8) is 0 Å². The molecule has 0 radical (unpaired) electrons. The van der Waals surface area contributed by atoms with E-state index >= 15 is 0 Å². The van der Waals surface area contributed by atoms with Crippen LogP contribution in [0, 0.1) is 29.1 Å². The minimum Gasteiger partial charge on any atom is -0.392 e. The van der Waals surface area contributed by atoms with E-state index in [1.807, 2.05) is 0 Å². The molecule has 2 saturated carbocycles. The van der Waals surface area contributed by atoms with Gasteiger partial charge in [-0.25, -0.2) is 0 Å². The highest BCUT2D eigenvalue weighted by Crippen LogP contribution is 2.47. The molecular formula is C10H15NO. The monoisotopic (exact) mass is 165 g/mol. The van der Waals surface area contributed by atoms with Gasteiger partial charge in [-0.15, -0.1) is 0 Å². The molecule has 0 saturated heterocycles. The predicted molar refractivity (Wildman–Crippen MR) is 45.2 cm³/mol. The summed E-state index contributed by atoms with van der Waals surface area (Å²) in [6.45, 7) is 0. The molecule has 4 atom stereocenters. The molecule has 4 unspecified atom stereocenters. The van der Waals surface area contributed by atoms with Crippen molar-refractivity contribution in [2.75, 3.05) is 0 Å². The van der Waals surface area contributed by atoms with Crippen molar-refractivity contribution in [3.05, 3.63) is 0 Å². The number of rotatable bonds is 0. The van der Waals surface area contributed by atoms with Gasteiger partial charge in [-0.2, -0.15) is 5.26 Å². The van der Waals surface area contributed by atoms with Crippen molar-refractivity contribution in [2.45, 2.75) is 38.2 Å². The molecule has 66 valence electrons. The van der Waals surface area contributed by atoms with Crippen molar-refractivity contribution in [2.24, 2.45) is 17.8 Å². The molecule has 0 aromatic heterocycles. The first-order valence-electron chi connectivity index (χ1n) is 4.89. The van der Waals surface area contributed by atoms with Crippen LogP contribution < -0.4 is 0 Å². The molecule has 1 N–H and O–H groups in total. The van der Waals surface area contributed by atoms with Crippen LogP contribution in [0.2, 0.25) is 0 Å². The summed E-state index contributed by atoms with van der Waals surface area (Å²) >= 11 is 0. The second-order valence-electron chi connectivity index (χ2n) is 4.21. The molecule has 0 amide bonds. The maximum atomic E-state index is 9.59. The quantitative estimate of drug-likeness (QED) is 0.593. The molecule has 2 rings (SSSR count). The number of nitriles is 1. The second-order valence-corrected chi connectivity index (χ2v) is 4.21. The predicted octanol–water partition coefficient (Wildman–Crippen LogP) is 1.70. The van der Waals surface area contributed by atoms with Crippen LogP contribution in [0.5, 0.6) is 0 Å². The summed E-state index contributed by atoms with van der Waals surface area (Å²) < 4.78 is 0. The van der Waals surface area contributed by atoms with E-state index in [-0.39, 0.29) is 12.0 Å². The first-order valence-corrected chi connectivity index (χ1v) is 4.89. The van der Waals surface area contributed by atoms with Crippen LogP contribution in [0.15, 0.2) is 0 Å². The van der Waals surface area contributed by atoms with E-state index in [1.165, 1.54) is 12.8 Å². The minimum absolute atomic E-state index is 0.0912. The second kappa shape index (κ2) is 3.06. The van der Waals surface area contributed by atoms with Gasteiger partial charge in [-0.1, -0.05) is 0 Å². The fourth-order valence-electron chi connectivity index (χ4n) is 2.34. The lowest BCUT2D eigenvalue weighted by Crippen LogP contribution is -2.20. The number of nitrogens with zero attached hydrogens (tertiary/aromatic N) is 1. The molecule has 2 aliphatic rings. The Morgan fingerprint density at radius 1 is 1.08 bits per heavy atom. The van der Waals surface area contributed by atoms with Gasteiger partial charge in [0.1, 0.15) is 0 Å². The standard InChI is InChI=1S/C10H15NO/c11-6-9-2-1-7-5-8(7)3-4-10(9)12/h7-10,12H,1-5H2. The molecule has 0 aromatic rings. The van der Waals surface area contributed by atoms with Crippen LogP contribution in [0.3, 0.4) is 0 Å². The normalized spacial score (nSPS) is 46.7. The molecule has 0 spiro atoms. The molecule has 12 heavy (non-hydrogen) atoms. The number of aliphatic hydroxyl groups excluding tert-OH is 1. The average molecular weight is 165 g/mol. The molecule has 0 aromatic carbocycles. The van der Waals surface area contributed by atoms with Crippen molar-refractivity contribution in [1.82, 2.24) is 0 Å². The summed E-state index contributed by atoms with van der Waals surface area (Å²) in [6, 6.07) is 2.21. The minimum atomic E-state index is -0.350. The van der Waals surface area contributed by atoms with Gasteiger partial charge < -0.3 is 5.11 Å². The SMILES string of the molecule is N#CC1CCC2CC2CCC1O. The van der Waals surface area contributed by atoms with Gasteiger partial charge in [0.2, 0.25) is 0 Å². The molecule has 0 bridgehead atoms. The highest BCUT2D eigenvalue weighted by Gasteiger charge is 2.39. The van der Waals surface area contributed by atoms with Gasteiger partial charge in [-0.05, 0) is 43.9 Å². The summed E-state index contributed by atoms with van der Waals surface area (Å²) in [6.07, 6.45) is 5.07. The zero-order valence-corrected chi connectivity index (χ0v) is 7.24. The van der Waals surface area contributed by atoms with Crippen LogP contribution >= 0.6 is 0 Å². The fraction of sp³-hybridized carbons (Fsp3) is 0.900. The lowest BCUT2D eigenvalue weighted by Gasteiger charge is -2.18. The maximum absolute atomic E-state index is 9.59. The first kappa shape index (κ1) is 8.07. The van der Waals surface area contributed by atoms with E-state index < -0.39 is 0 Å². The molecule has 2 heteroatoms. The molecule has 2 aliphatic carbocycles. The summed E-state index contributed by atoms with van der Waals surface area (Å²) in [5.74, 6) is 1.69. The van der Waals surface area contributed by atoms with E-state index in [0.717, 1.165) is 31.1 Å². The summed E-state index contributed by atoms with van der Waals surface area (Å²) in [7, 11) is 0. The third-order valence-corrected chi connectivity index (χ3v) is 3.38. The molecule has 2 nitrogen and oxygen atoms in total. The Morgan fingerprint density at radius 2 is 1.75 bits per heavy atom. The van der Waals surface area contributed by atoms with E-state index in [4.69, 9.17) is 5.26 Å². The fourth-order valence-corrected chi connectivity index (χ4v) is 2.34. The van der Waals surface area contributed by atoms with Crippen molar-refractivity contribution < 1.29 is 5.11 Å². The molecule has 0 heterocycles. The van der Waals surface area contributed by atoms with Crippen LogP contribution in [-0.2, 0) is 0 Å². The Labute approximate surface area is 73.2 Å². The van der Waals surface area contributed by atoms with Gasteiger partial charge >= 0.3 is 0 Å². The largest absolute Gasteiger partial charge is 0.392 e. The number of aliphatic hydroxyl groups is 1. The van der Waals surface area contributed by atoms with Gasteiger partial charge in [0.15, 0.2) is 0 Å². The lowest BCUT2D eigenvalue weighted by atomic mass is 9.90. The molecule has 0 aliphatic heterocycles. The topological polar surface area (TPSA) is 44.0 Å². The van der Waals surface area contributed by atoms with Crippen LogP contribution in [0.25, 0.3) is 0 Å². The maximum Gasteiger partial charge on any atom is 0.0722 e. The smallest absolute Gasteiger partial charge is 0.0722 e. The van der Waals surface area contributed by atoms with Crippen molar-refractivity contribution in [3.8, 4) is 6.07 Å². The molecule has 2 fully saturated rings. The lowest BCUT2D eigenvalue weighted by molar-refractivity contribution is 0.108. The van der Waals surface area contributed by atoms with Crippen LogP contribution in [-0.4, -0.2) is 11.2 Å². The zero-order valence-electron chi connectivity index (χ0n) is 7.24. The van der Waals surface area contributed by atoms with Gasteiger partial charge in [0.25, 0.3) is 0 Å². The summed E-state index contributed by atoms with van der Waals surface area (Å²) in [5.41, 5.74) is 0. The van der Waals surface area contributed by atoms with Gasteiger partial charge in [-0.3, -0.25) is 0 Å². The highest BCUT2D eigenvalue weighted by atomic mass is 16.3. The third kappa shape index (κ3) is 1.47.